The van der Waals surface area contributed by atoms with Crippen LogP contribution < -0.4 is 0 Å². The van der Waals surface area contributed by atoms with Crippen LogP contribution in [0.3, 0.4) is 0 Å². The Hall–Kier alpha value is -1.03. The Labute approximate surface area is 132 Å². The van der Waals surface area contributed by atoms with E-state index in [1.807, 2.05) is 29.5 Å². The summed E-state index contributed by atoms with van der Waals surface area (Å²) in [6.07, 6.45) is 1.07. The predicted molar refractivity (Wildman–Crippen MR) is 87.1 cm³/mol. The van der Waals surface area contributed by atoms with Crippen LogP contribution in [0.5, 0.6) is 0 Å². The molecule has 0 saturated heterocycles. The number of halogens is 2. The maximum atomic E-state index is 6.33. The molecule has 5 heteroatoms. The second-order valence-electron chi connectivity index (χ2n) is 4.58. The van der Waals surface area contributed by atoms with Gasteiger partial charge in [-0.15, -0.1) is 22.9 Å². The minimum Gasteiger partial charge on any atom is -0.320 e. The van der Waals surface area contributed by atoms with Crippen LogP contribution in [0.4, 0.5) is 0 Å². The molecule has 0 aliphatic carbocycles. The van der Waals surface area contributed by atoms with E-state index in [0.717, 1.165) is 34.8 Å². The SMILES string of the molecule is CCc1ccc(Cn2c(CCl)nc3cccc(Cl)c32)s1. The number of aryl methyl sites for hydroxylation is 1. The number of benzene rings is 1. The van der Waals surface area contributed by atoms with Crippen LogP contribution in [0, 0.1) is 0 Å². The molecule has 0 radical (unpaired) electrons. The first-order chi connectivity index (χ1) is 9.72. The predicted octanol–water partition coefficient (Wildman–Crippen LogP) is 5.10. The Kier molecular flexibility index (Phi) is 4.01. The number of para-hydroxylation sites is 1. The van der Waals surface area contributed by atoms with Crippen molar-refractivity contribution in [1.82, 2.24) is 9.55 Å². The fraction of sp³-hybridized carbons (Fsp3) is 0.267. The lowest BCUT2D eigenvalue weighted by atomic mass is 10.3. The highest BCUT2D eigenvalue weighted by atomic mass is 35.5. The van der Waals surface area contributed by atoms with Gasteiger partial charge in [-0.05, 0) is 30.7 Å². The van der Waals surface area contributed by atoms with E-state index in [2.05, 4.69) is 28.6 Å². The first-order valence-corrected chi connectivity index (χ1v) is 8.23. The zero-order valence-corrected chi connectivity index (χ0v) is 13.4. The Morgan fingerprint density at radius 3 is 2.70 bits per heavy atom. The summed E-state index contributed by atoms with van der Waals surface area (Å²) >= 11 is 14.2. The minimum absolute atomic E-state index is 0.386. The molecule has 1 aromatic carbocycles. The first-order valence-electron chi connectivity index (χ1n) is 6.50. The van der Waals surface area contributed by atoms with Crippen LogP contribution in [-0.4, -0.2) is 9.55 Å². The van der Waals surface area contributed by atoms with Gasteiger partial charge in [0.1, 0.15) is 5.82 Å². The van der Waals surface area contributed by atoms with Gasteiger partial charge in [0.25, 0.3) is 0 Å². The second kappa shape index (κ2) is 5.76. The second-order valence-corrected chi connectivity index (χ2v) is 6.50. The number of alkyl halides is 1. The third kappa shape index (κ3) is 2.46. The van der Waals surface area contributed by atoms with Gasteiger partial charge in [0.05, 0.1) is 28.5 Å². The van der Waals surface area contributed by atoms with Gasteiger partial charge in [-0.25, -0.2) is 4.98 Å². The van der Waals surface area contributed by atoms with Gasteiger partial charge in [0.15, 0.2) is 0 Å². The van der Waals surface area contributed by atoms with Crippen molar-refractivity contribution in [2.75, 3.05) is 0 Å². The summed E-state index contributed by atoms with van der Waals surface area (Å²) in [4.78, 5) is 7.26. The zero-order chi connectivity index (χ0) is 14.1. The van der Waals surface area contributed by atoms with E-state index in [1.54, 1.807) is 0 Å². The van der Waals surface area contributed by atoms with Crippen molar-refractivity contribution in [3.8, 4) is 0 Å². The van der Waals surface area contributed by atoms with Crippen molar-refractivity contribution in [1.29, 1.82) is 0 Å². The third-order valence-electron chi connectivity index (χ3n) is 3.30. The molecule has 0 aliphatic rings. The van der Waals surface area contributed by atoms with E-state index in [9.17, 15) is 0 Å². The van der Waals surface area contributed by atoms with E-state index >= 15 is 0 Å². The molecule has 0 fully saturated rings. The van der Waals surface area contributed by atoms with E-state index in [1.165, 1.54) is 9.75 Å². The normalized spacial score (nSPS) is 11.3. The molecule has 0 spiro atoms. The first kappa shape index (κ1) is 13.9. The highest BCUT2D eigenvalue weighted by Crippen LogP contribution is 2.27. The molecular weight excluding hydrogens is 311 g/mol. The molecule has 2 nitrogen and oxygen atoms in total. The van der Waals surface area contributed by atoms with Gasteiger partial charge < -0.3 is 4.57 Å². The number of aromatic nitrogens is 2. The largest absolute Gasteiger partial charge is 0.320 e. The summed E-state index contributed by atoms with van der Waals surface area (Å²) in [7, 11) is 0. The maximum absolute atomic E-state index is 6.33. The molecule has 3 aromatic rings. The molecule has 20 heavy (non-hydrogen) atoms. The Morgan fingerprint density at radius 1 is 1.20 bits per heavy atom. The van der Waals surface area contributed by atoms with Crippen LogP contribution in [0.15, 0.2) is 30.3 Å². The Bertz CT molecular complexity index is 745. The molecular formula is C15H14Cl2N2S. The van der Waals surface area contributed by atoms with Gasteiger partial charge in [-0.1, -0.05) is 24.6 Å². The van der Waals surface area contributed by atoms with Gasteiger partial charge >= 0.3 is 0 Å². The van der Waals surface area contributed by atoms with Crippen molar-refractivity contribution < 1.29 is 0 Å². The molecule has 0 bridgehead atoms. The lowest BCUT2D eigenvalue weighted by Crippen LogP contribution is -2.02. The average Bonchev–Trinajstić information content (AvgIpc) is 3.04. The van der Waals surface area contributed by atoms with Crippen LogP contribution in [0.2, 0.25) is 5.02 Å². The zero-order valence-electron chi connectivity index (χ0n) is 11.1. The monoisotopic (exact) mass is 324 g/mol. The van der Waals surface area contributed by atoms with Crippen molar-refractivity contribution in [3.63, 3.8) is 0 Å². The number of nitrogens with zero attached hydrogens (tertiary/aromatic N) is 2. The summed E-state index contributed by atoms with van der Waals surface area (Å²) in [6.45, 7) is 2.94. The van der Waals surface area contributed by atoms with Crippen molar-refractivity contribution in [2.45, 2.75) is 25.8 Å². The van der Waals surface area contributed by atoms with E-state index < -0.39 is 0 Å². The van der Waals surface area contributed by atoms with Crippen LogP contribution in [-0.2, 0) is 18.8 Å². The number of thiophene rings is 1. The Balaban J connectivity index is 2.09. The highest BCUT2D eigenvalue weighted by Gasteiger charge is 2.13. The summed E-state index contributed by atoms with van der Waals surface area (Å²) in [5, 5.41) is 0.721. The molecule has 0 unspecified atom stereocenters. The van der Waals surface area contributed by atoms with Crippen LogP contribution >= 0.6 is 34.5 Å². The highest BCUT2D eigenvalue weighted by molar-refractivity contribution is 7.11. The summed E-state index contributed by atoms with van der Waals surface area (Å²) in [5.74, 6) is 1.25. The molecule has 0 aliphatic heterocycles. The molecule has 0 atom stereocenters. The quantitative estimate of drug-likeness (QED) is 0.610. The maximum Gasteiger partial charge on any atom is 0.125 e. The standard InChI is InChI=1S/C15H14Cl2N2S/c1-2-10-6-7-11(20-10)9-19-14(8-16)18-13-5-3-4-12(17)15(13)19/h3-7H,2,8-9H2,1H3. The topological polar surface area (TPSA) is 17.8 Å². The van der Waals surface area contributed by atoms with Gasteiger partial charge in [-0.3, -0.25) is 0 Å². The minimum atomic E-state index is 0.386. The summed E-state index contributed by atoms with van der Waals surface area (Å²) in [6, 6.07) is 10.1. The smallest absolute Gasteiger partial charge is 0.125 e. The lowest BCUT2D eigenvalue weighted by molar-refractivity contribution is 0.789. The van der Waals surface area contributed by atoms with E-state index in [0.29, 0.717) is 5.88 Å². The number of rotatable bonds is 4. The fourth-order valence-corrected chi connectivity index (χ4v) is 3.74. The molecule has 0 N–H and O–H groups in total. The number of fused-ring (bicyclic) bond motifs is 1. The van der Waals surface area contributed by atoms with E-state index in [4.69, 9.17) is 23.2 Å². The van der Waals surface area contributed by atoms with E-state index in [-0.39, 0.29) is 0 Å². The molecule has 104 valence electrons. The molecule has 3 rings (SSSR count). The van der Waals surface area contributed by atoms with Crippen molar-refractivity contribution in [2.24, 2.45) is 0 Å². The van der Waals surface area contributed by atoms with Gasteiger partial charge in [-0.2, -0.15) is 0 Å². The van der Waals surface area contributed by atoms with Crippen molar-refractivity contribution >= 4 is 45.6 Å². The summed E-state index contributed by atoms with van der Waals surface area (Å²) in [5.41, 5.74) is 1.87. The molecule has 2 aromatic heterocycles. The van der Waals surface area contributed by atoms with Crippen LogP contribution in [0.1, 0.15) is 22.5 Å². The number of imidazole rings is 1. The van der Waals surface area contributed by atoms with Gasteiger partial charge in [0.2, 0.25) is 0 Å². The number of hydrogen-bond acceptors (Lipinski definition) is 2. The molecule has 0 amide bonds. The molecule has 2 heterocycles. The summed E-state index contributed by atoms with van der Waals surface area (Å²) < 4.78 is 2.12. The van der Waals surface area contributed by atoms with Gasteiger partial charge in [0, 0.05) is 9.75 Å². The lowest BCUT2D eigenvalue weighted by Gasteiger charge is -2.07. The average molecular weight is 325 g/mol. The third-order valence-corrected chi connectivity index (χ3v) is 5.05. The number of hydrogen-bond donors (Lipinski definition) is 0. The van der Waals surface area contributed by atoms with Crippen LogP contribution in [0.25, 0.3) is 11.0 Å². The molecule has 0 saturated carbocycles. The van der Waals surface area contributed by atoms with Crippen molar-refractivity contribution in [3.05, 3.63) is 50.9 Å². The fourth-order valence-electron chi connectivity index (χ4n) is 2.32. The Morgan fingerprint density at radius 2 is 2.00 bits per heavy atom.